The van der Waals surface area contributed by atoms with Gasteiger partial charge in [-0.2, -0.15) is 0 Å². The number of para-hydroxylation sites is 2. The zero-order valence-electron chi connectivity index (χ0n) is 13.5. The minimum Gasteiger partial charge on any atom is -0.439 e. The Hall–Kier alpha value is -2.66. The van der Waals surface area contributed by atoms with Gasteiger partial charge in [0.15, 0.2) is 5.58 Å². The third-order valence-corrected chi connectivity index (χ3v) is 4.42. The van der Waals surface area contributed by atoms with Crippen molar-refractivity contribution in [3.63, 3.8) is 0 Å². The molecule has 0 bridgehead atoms. The van der Waals surface area contributed by atoms with E-state index >= 15 is 0 Å². The molecule has 0 saturated heterocycles. The van der Waals surface area contributed by atoms with Gasteiger partial charge in [-0.1, -0.05) is 24.3 Å². The first kappa shape index (κ1) is 14.9. The highest BCUT2D eigenvalue weighted by Gasteiger charge is 2.16. The van der Waals surface area contributed by atoms with Crippen LogP contribution in [0.25, 0.3) is 11.1 Å². The molecule has 1 amide bonds. The topological polar surface area (TPSA) is 67.2 Å². The van der Waals surface area contributed by atoms with Crippen LogP contribution in [0.2, 0.25) is 0 Å². The third-order valence-electron chi connectivity index (χ3n) is 4.42. The summed E-state index contributed by atoms with van der Waals surface area (Å²) < 4.78 is 5.74. The van der Waals surface area contributed by atoms with Crippen molar-refractivity contribution in [2.75, 3.05) is 5.32 Å². The molecular weight excluding hydrogens is 302 g/mol. The number of aryl methyl sites for hydroxylation is 1. The second-order valence-electron chi connectivity index (χ2n) is 6.14. The number of nitrogens with zero attached hydrogens (tertiary/aromatic N) is 1. The molecule has 1 aliphatic rings. The summed E-state index contributed by atoms with van der Waals surface area (Å²) in [6.45, 7) is 2.69. The van der Waals surface area contributed by atoms with E-state index in [1.165, 1.54) is 11.1 Å². The molecule has 0 radical (unpaired) electrons. The number of carbonyl (C=O) groups is 1. The number of aromatic nitrogens is 1. The monoisotopic (exact) mass is 321 g/mol. The summed E-state index contributed by atoms with van der Waals surface area (Å²) in [6, 6.07) is 14.1. The molecule has 2 N–H and O–H groups in total. The largest absolute Gasteiger partial charge is 0.439 e. The van der Waals surface area contributed by atoms with Crippen molar-refractivity contribution >= 4 is 22.7 Å². The van der Waals surface area contributed by atoms with Gasteiger partial charge in [-0.3, -0.25) is 4.79 Å². The van der Waals surface area contributed by atoms with E-state index in [1.807, 2.05) is 36.4 Å². The predicted octanol–water partition coefficient (Wildman–Crippen LogP) is 3.56. The van der Waals surface area contributed by atoms with Crippen LogP contribution in [-0.4, -0.2) is 10.9 Å². The summed E-state index contributed by atoms with van der Waals surface area (Å²) in [5, 5.41) is 6.36. The van der Waals surface area contributed by atoms with E-state index < -0.39 is 0 Å². The van der Waals surface area contributed by atoms with E-state index in [4.69, 9.17) is 4.42 Å². The van der Waals surface area contributed by atoms with Gasteiger partial charge in [0.2, 0.25) is 11.8 Å². The molecule has 1 aliphatic heterocycles. The SMILES string of the molecule is C[C@@H](NCc1nc2ccccc2o1)c1ccc2c(c1)CCC(=O)N2. The van der Waals surface area contributed by atoms with Gasteiger partial charge in [-0.15, -0.1) is 0 Å². The van der Waals surface area contributed by atoms with Gasteiger partial charge in [-0.25, -0.2) is 4.98 Å². The smallest absolute Gasteiger partial charge is 0.224 e. The molecule has 1 aromatic heterocycles. The number of fused-ring (bicyclic) bond motifs is 2. The number of nitrogens with one attached hydrogen (secondary N) is 2. The predicted molar refractivity (Wildman–Crippen MR) is 92.7 cm³/mol. The summed E-state index contributed by atoms with van der Waals surface area (Å²) >= 11 is 0. The summed E-state index contributed by atoms with van der Waals surface area (Å²) in [5.74, 6) is 0.783. The summed E-state index contributed by atoms with van der Waals surface area (Å²) in [7, 11) is 0. The molecule has 0 aliphatic carbocycles. The van der Waals surface area contributed by atoms with Gasteiger partial charge >= 0.3 is 0 Å². The lowest BCUT2D eigenvalue weighted by Gasteiger charge is -2.20. The maximum absolute atomic E-state index is 11.4. The van der Waals surface area contributed by atoms with E-state index in [9.17, 15) is 4.79 Å². The van der Waals surface area contributed by atoms with Crippen molar-refractivity contribution in [2.24, 2.45) is 0 Å². The number of benzene rings is 2. The second kappa shape index (κ2) is 6.09. The van der Waals surface area contributed by atoms with E-state index in [0.717, 1.165) is 23.2 Å². The number of oxazole rings is 1. The normalized spacial score (nSPS) is 15.1. The van der Waals surface area contributed by atoms with Crippen LogP contribution in [0.1, 0.15) is 36.4 Å². The van der Waals surface area contributed by atoms with E-state index in [2.05, 4.69) is 28.6 Å². The molecule has 24 heavy (non-hydrogen) atoms. The van der Waals surface area contributed by atoms with Gasteiger partial charge < -0.3 is 15.1 Å². The molecule has 4 rings (SSSR count). The highest BCUT2D eigenvalue weighted by atomic mass is 16.3. The number of anilines is 1. The first-order valence-corrected chi connectivity index (χ1v) is 8.19. The Kier molecular flexibility index (Phi) is 3.78. The van der Waals surface area contributed by atoms with Crippen molar-refractivity contribution < 1.29 is 9.21 Å². The number of hydrogen-bond donors (Lipinski definition) is 2. The van der Waals surface area contributed by atoms with Crippen LogP contribution < -0.4 is 10.6 Å². The van der Waals surface area contributed by atoms with Crippen molar-refractivity contribution in [3.05, 3.63) is 59.5 Å². The first-order chi connectivity index (χ1) is 11.7. The molecule has 0 saturated carbocycles. The standard InChI is InChI=1S/C19H19N3O2/c1-12(13-6-8-15-14(10-13)7-9-18(23)21-15)20-11-19-22-16-4-2-3-5-17(16)24-19/h2-6,8,10,12,20H,7,9,11H2,1H3,(H,21,23)/t12-/m1/s1. The van der Waals surface area contributed by atoms with Crippen LogP contribution >= 0.6 is 0 Å². The average molecular weight is 321 g/mol. The van der Waals surface area contributed by atoms with Crippen LogP contribution in [0, 0.1) is 0 Å². The highest BCUT2D eigenvalue weighted by molar-refractivity contribution is 5.93. The van der Waals surface area contributed by atoms with Crippen molar-refractivity contribution in [2.45, 2.75) is 32.4 Å². The first-order valence-electron chi connectivity index (χ1n) is 8.19. The van der Waals surface area contributed by atoms with E-state index in [-0.39, 0.29) is 11.9 Å². The molecule has 0 unspecified atom stereocenters. The number of carbonyl (C=O) groups excluding carboxylic acids is 1. The average Bonchev–Trinajstić information content (AvgIpc) is 3.02. The molecule has 2 aromatic carbocycles. The van der Waals surface area contributed by atoms with Gasteiger partial charge in [-0.05, 0) is 42.7 Å². The quantitative estimate of drug-likeness (QED) is 0.771. The highest BCUT2D eigenvalue weighted by Crippen LogP contribution is 2.26. The summed E-state index contributed by atoms with van der Waals surface area (Å²) in [6.07, 6.45) is 1.36. The number of amides is 1. The lowest BCUT2D eigenvalue weighted by Crippen LogP contribution is -2.21. The van der Waals surface area contributed by atoms with Crippen molar-refractivity contribution in [3.8, 4) is 0 Å². The van der Waals surface area contributed by atoms with Crippen molar-refractivity contribution in [1.29, 1.82) is 0 Å². The van der Waals surface area contributed by atoms with Gasteiger partial charge in [0, 0.05) is 18.2 Å². The van der Waals surface area contributed by atoms with E-state index in [1.54, 1.807) is 0 Å². The molecule has 1 atom stereocenters. The zero-order chi connectivity index (χ0) is 16.5. The minimum atomic E-state index is 0.0948. The summed E-state index contributed by atoms with van der Waals surface area (Å²) in [5.41, 5.74) is 5.02. The molecular formula is C19H19N3O2. The van der Waals surface area contributed by atoms with Gasteiger partial charge in [0.05, 0.1) is 6.54 Å². The fourth-order valence-corrected chi connectivity index (χ4v) is 3.03. The number of hydrogen-bond acceptors (Lipinski definition) is 4. The second-order valence-corrected chi connectivity index (χ2v) is 6.14. The lowest BCUT2D eigenvalue weighted by atomic mass is 9.98. The summed E-state index contributed by atoms with van der Waals surface area (Å²) in [4.78, 5) is 15.9. The molecule has 0 fully saturated rings. The molecule has 5 nitrogen and oxygen atoms in total. The third kappa shape index (κ3) is 2.90. The molecule has 122 valence electrons. The Balaban J connectivity index is 1.46. The van der Waals surface area contributed by atoms with Crippen LogP contribution in [0.5, 0.6) is 0 Å². The van der Waals surface area contributed by atoms with Gasteiger partial charge in [0.1, 0.15) is 5.52 Å². The molecule has 5 heteroatoms. The maximum Gasteiger partial charge on any atom is 0.224 e. The van der Waals surface area contributed by atoms with Crippen molar-refractivity contribution in [1.82, 2.24) is 10.3 Å². The number of rotatable bonds is 4. The Labute approximate surface area is 140 Å². The molecule has 0 spiro atoms. The fourth-order valence-electron chi connectivity index (χ4n) is 3.03. The van der Waals surface area contributed by atoms with Crippen LogP contribution in [0.4, 0.5) is 5.69 Å². The van der Waals surface area contributed by atoms with Crippen LogP contribution in [0.3, 0.4) is 0 Å². The fraction of sp³-hybridized carbons (Fsp3) is 0.263. The maximum atomic E-state index is 11.4. The Bertz CT molecular complexity index is 868. The Morgan fingerprint density at radius 3 is 3.00 bits per heavy atom. The lowest BCUT2D eigenvalue weighted by molar-refractivity contribution is -0.116. The zero-order valence-corrected chi connectivity index (χ0v) is 13.5. The van der Waals surface area contributed by atoms with E-state index in [0.29, 0.717) is 18.9 Å². The van der Waals surface area contributed by atoms with Gasteiger partial charge in [0.25, 0.3) is 0 Å². The molecule has 3 aromatic rings. The minimum absolute atomic E-state index is 0.0948. The van der Waals surface area contributed by atoms with Crippen LogP contribution in [-0.2, 0) is 17.8 Å². The Morgan fingerprint density at radius 2 is 2.12 bits per heavy atom. The van der Waals surface area contributed by atoms with Crippen LogP contribution in [0.15, 0.2) is 46.9 Å². The molecule has 2 heterocycles. The Morgan fingerprint density at radius 1 is 1.25 bits per heavy atom.